The molecule has 0 saturated carbocycles. The van der Waals surface area contributed by atoms with E-state index in [1.54, 1.807) is 54.6 Å². The van der Waals surface area contributed by atoms with Crippen LogP contribution in [0.25, 0.3) is 10.4 Å². The number of benzene rings is 3. The molecule has 0 bridgehead atoms. The van der Waals surface area contributed by atoms with Crippen molar-refractivity contribution in [3.05, 3.63) is 98.3 Å². The molecule has 0 heterocycles. The maximum atomic E-state index is 13.9. The summed E-state index contributed by atoms with van der Waals surface area (Å²) in [5.74, 6) is -1.24. The Morgan fingerprint density at radius 1 is 1.08 bits per heavy atom. The molecule has 0 spiro atoms. The van der Waals surface area contributed by atoms with Gasteiger partial charge in [0.25, 0.3) is 5.91 Å². The van der Waals surface area contributed by atoms with E-state index < -0.39 is 24.5 Å². The van der Waals surface area contributed by atoms with Gasteiger partial charge in [-0.25, -0.2) is 0 Å². The lowest BCUT2D eigenvalue weighted by molar-refractivity contribution is -0.127. The van der Waals surface area contributed by atoms with Gasteiger partial charge in [-0.15, -0.1) is 0 Å². The average molecular weight is 568 g/mol. The van der Waals surface area contributed by atoms with Crippen LogP contribution in [-0.4, -0.2) is 30.7 Å². The lowest BCUT2D eigenvalue weighted by Crippen LogP contribution is -2.46. The molecule has 1 atom stereocenters. The maximum absolute atomic E-state index is 13.9. The van der Waals surface area contributed by atoms with Crippen LogP contribution in [-0.2, 0) is 9.59 Å². The van der Waals surface area contributed by atoms with E-state index >= 15 is 0 Å². The first-order valence-corrected chi connectivity index (χ1v) is 13.0. The number of anilines is 1. The van der Waals surface area contributed by atoms with Crippen LogP contribution in [0.1, 0.15) is 48.7 Å². The number of nitrogens with zero attached hydrogens (tertiary/aromatic N) is 4. The molecule has 3 aromatic rings. The zero-order chi connectivity index (χ0) is 28.4. The van der Waals surface area contributed by atoms with Crippen molar-refractivity contribution < 1.29 is 19.1 Å². The number of Topliss-reactive ketones (excluding diaryl/α,β-unsaturated/α-hetero) is 1. The molecule has 9 nitrogen and oxygen atoms in total. The second-order valence-electron chi connectivity index (χ2n) is 8.50. The number of nitrogens with one attached hydrogen (secondary N) is 1. The first-order valence-electron chi connectivity index (χ1n) is 12.2. The molecule has 0 saturated heterocycles. The van der Waals surface area contributed by atoms with E-state index in [9.17, 15) is 14.4 Å². The first-order chi connectivity index (χ1) is 18.8. The van der Waals surface area contributed by atoms with Crippen molar-refractivity contribution in [1.29, 1.82) is 0 Å². The van der Waals surface area contributed by atoms with Gasteiger partial charge >= 0.3 is 0 Å². The Kier molecular flexibility index (Phi) is 10.8. The SMILES string of the molecule is CCCCNC(=O)C(c1ccccc1N=[N+]=[N-])N(C(=O)COc1ccc(Cl)cc1Cl)c1ccccc1C(C)=O. The zero-order valence-corrected chi connectivity index (χ0v) is 22.9. The Morgan fingerprint density at radius 2 is 1.79 bits per heavy atom. The molecule has 2 amide bonds. The molecule has 0 aliphatic carbocycles. The maximum Gasteiger partial charge on any atom is 0.265 e. The molecule has 3 rings (SSSR count). The molecule has 0 radical (unpaired) electrons. The van der Waals surface area contributed by atoms with E-state index in [4.69, 9.17) is 33.5 Å². The van der Waals surface area contributed by atoms with Crippen molar-refractivity contribution in [3.63, 3.8) is 0 Å². The van der Waals surface area contributed by atoms with E-state index in [-0.39, 0.29) is 39.1 Å². The quantitative estimate of drug-likeness (QED) is 0.0815. The highest BCUT2D eigenvalue weighted by Crippen LogP contribution is 2.36. The van der Waals surface area contributed by atoms with Gasteiger partial charge in [-0.05, 0) is 54.8 Å². The van der Waals surface area contributed by atoms with E-state index in [0.29, 0.717) is 18.0 Å². The number of rotatable bonds is 12. The van der Waals surface area contributed by atoms with Crippen LogP contribution in [0.15, 0.2) is 71.8 Å². The average Bonchev–Trinajstić information content (AvgIpc) is 2.92. The highest BCUT2D eigenvalue weighted by atomic mass is 35.5. The summed E-state index contributed by atoms with van der Waals surface area (Å²) >= 11 is 12.2. The molecule has 3 aromatic carbocycles. The highest BCUT2D eigenvalue weighted by Gasteiger charge is 2.35. The van der Waals surface area contributed by atoms with Crippen LogP contribution < -0.4 is 15.0 Å². The third-order valence-corrected chi connectivity index (χ3v) is 6.31. The molecule has 11 heteroatoms. The Bertz CT molecular complexity index is 1410. The van der Waals surface area contributed by atoms with E-state index in [1.807, 2.05) is 6.92 Å². The topological polar surface area (TPSA) is 124 Å². The lowest BCUT2D eigenvalue weighted by atomic mass is 9.99. The Labute approximate surface area is 236 Å². The molecule has 39 heavy (non-hydrogen) atoms. The van der Waals surface area contributed by atoms with Gasteiger partial charge in [-0.3, -0.25) is 19.3 Å². The van der Waals surface area contributed by atoms with Crippen LogP contribution in [0, 0.1) is 0 Å². The third-order valence-electron chi connectivity index (χ3n) is 5.78. The fourth-order valence-electron chi connectivity index (χ4n) is 3.94. The number of ketones is 1. The van der Waals surface area contributed by atoms with Gasteiger partial charge in [-0.2, -0.15) is 0 Å². The van der Waals surface area contributed by atoms with E-state index in [1.165, 1.54) is 24.0 Å². The molecule has 1 N–H and O–H groups in total. The van der Waals surface area contributed by atoms with Crippen molar-refractivity contribution in [3.8, 4) is 5.75 Å². The smallest absolute Gasteiger partial charge is 0.265 e. The summed E-state index contributed by atoms with van der Waals surface area (Å²) in [4.78, 5) is 44.3. The van der Waals surface area contributed by atoms with Gasteiger partial charge in [0.05, 0.1) is 10.7 Å². The van der Waals surface area contributed by atoms with Crippen molar-refractivity contribution in [2.45, 2.75) is 32.7 Å². The summed E-state index contributed by atoms with van der Waals surface area (Å²) in [6.45, 7) is 3.20. The van der Waals surface area contributed by atoms with Crippen molar-refractivity contribution in [1.82, 2.24) is 5.32 Å². The lowest BCUT2D eigenvalue weighted by Gasteiger charge is -2.33. The Morgan fingerprint density at radius 3 is 2.49 bits per heavy atom. The van der Waals surface area contributed by atoms with Gasteiger partial charge in [0, 0.05) is 27.7 Å². The molecule has 0 aromatic heterocycles. The predicted octanol–water partition coefficient (Wildman–Crippen LogP) is 7.21. The fraction of sp³-hybridized carbons (Fsp3) is 0.250. The fourth-order valence-corrected chi connectivity index (χ4v) is 4.40. The van der Waals surface area contributed by atoms with Crippen LogP contribution >= 0.6 is 23.2 Å². The number of para-hydroxylation sites is 1. The summed E-state index contributed by atoms with van der Waals surface area (Å²) < 4.78 is 5.72. The number of carbonyl (C=O) groups excluding carboxylic acids is 3. The van der Waals surface area contributed by atoms with E-state index in [0.717, 1.165) is 6.42 Å². The van der Waals surface area contributed by atoms with Gasteiger partial charge in [0.2, 0.25) is 5.91 Å². The van der Waals surface area contributed by atoms with Crippen molar-refractivity contribution >= 4 is 52.2 Å². The Hall–Kier alpha value is -4.04. The largest absolute Gasteiger partial charge is 0.482 e. The van der Waals surface area contributed by atoms with E-state index in [2.05, 4.69) is 15.3 Å². The van der Waals surface area contributed by atoms with Crippen LogP contribution in [0.4, 0.5) is 11.4 Å². The molecular weight excluding hydrogens is 541 g/mol. The molecule has 1 unspecified atom stereocenters. The minimum absolute atomic E-state index is 0.162. The number of hydrogen-bond donors (Lipinski definition) is 1. The standard InChI is InChI=1S/C28H27Cl2N5O4/c1-3-4-15-32-28(38)27(21-10-5-7-11-23(21)33-34-31)35(24-12-8-6-9-20(24)18(2)36)26(37)17-39-25-14-13-19(29)16-22(25)30/h5-14,16,27H,3-4,15,17H2,1-2H3,(H,32,38). The number of carbonyl (C=O) groups is 3. The second-order valence-corrected chi connectivity index (χ2v) is 9.34. The third kappa shape index (κ3) is 7.51. The number of amides is 2. The minimum Gasteiger partial charge on any atom is -0.482 e. The summed E-state index contributed by atoms with van der Waals surface area (Å²) in [6.07, 6.45) is 1.55. The summed E-state index contributed by atoms with van der Waals surface area (Å²) in [6, 6.07) is 16.2. The van der Waals surface area contributed by atoms with Crippen LogP contribution in [0.2, 0.25) is 10.0 Å². The minimum atomic E-state index is -1.29. The molecular formula is C28H27Cl2N5O4. The summed E-state index contributed by atoms with van der Waals surface area (Å²) in [7, 11) is 0. The van der Waals surface area contributed by atoms with Gasteiger partial charge in [0.1, 0.15) is 11.8 Å². The normalized spacial score (nSPS) is 11.2. The molecule has 0 aliphatic heterocycles. The number of halogens is 2. The summed E-state index contributed by atoms with van der Waals surface area (Å²) in [5, 5.41) is 7.21. The molecule has 0 fully saturated rings. The molecule has 0 aliphatic rings. The highest BCUT2D eigenvalue weighted by molar-refractivity contribution is 6.35. The van der Waals surface area contributed by atoms with Crippen molar-refractivity contribution in [2.75, 3.05) is 18.1 Å². The Balaban J connectivity index is 2.17. The first kappa shape index (κ1) is 29.5. The van der Waals surface area contributed by atoms with Crippen LogP contribution in [0.5, 0.6) is 5.75 Å². The van der Waals surface area contributed by atoms with Gasteiger partial charge in [-0.1, -0.05) is 78.1 Å². The number of azide groups is 1. The van der Waals surface area contributed by atoms with Crippen molar-refractivity contribution in [2.24, 2.45) is 5.11 Å². The summed E-state index contributed by atoms with van der Waals surface area (Å²) in [5.41, 5.74) is 10.0. The van der Waals surface area contributed by atoms with Gasteiger partial charge in [0.15, 0.2) is 12.4 Å². The molecule has 202 valence electrons. The zero-order valence-electron chi connectivity index (χ0n) is 21.4. The van der Waals surface area contributed by atoms with Gasteiger partial charge < -0.3 is 10.1 Å². The predicted molar refractivity (Wildman–Crippen MR) is 152 cm³/mol. The number of hydrogen-bond acceptors (Lipinski definition) is 5. The number of unbranched alkanes of at least 4 members (excludes halogenated alkanes) is 1. The van der Waals surface area contributed by atoms with Crippen LogP contribution in [0.3, 0.4) is 0 Å². The monoisotopic (exact) mass is 567 g/mol. The number of ether oxygens (including phenoxy) is 1. The second kappa shape index (κ2) is 14.2.